The van der Waals surface area contributed by atoms with E-state index < -0.39 is 5.97 Å². The van der Waals surface area contributed by atoms with Crippen molar-refractivity contribution >= 4 is 5.97 Å². The SMILES string of the molecule is CC(C)CCN1CC(CC(=O)O)NCC1C. The van der Waals surface area contributed by atoms with Gasteiger partial charge < -0.3 is 10.4 Å². The summed E-state index contributed by atoms with van der Waals surface area (Å²) in [5.41, 5.74) is 0. The first kappa shape index (κ1) is 13.5. The van der Waals surface area contributed by atoms with E-state index in [1.54, 1.807) is 0 Å². The summed E-state index contributed by atoms with van der Waals surface area (Å²) < 4.78 is 0. The van der Waals surface area contributed by atoms with Crippen LogP contribution in [0.1, 0.15) is 33.6 Å². The Labute approximate surface area is 98.0 Å². The minimum Gasteiger partial charge on any atom is -0.481 e. The Balaban J connectivity index is 2.38. The van der Waals surface area contributed by atoms with E-state index >= 15 is 0 Å². The number of rotatable bonds is 5. The second kappa shape index (κ2) is 6.21. The van der Waals surface area contributed by atoms with Gasteiger partial charge in [-0.15, -0.1) is 0 Å². The predicted octanol–water partition coefficient (Wildman–Crippen LogP) is 1.17. The normalized spacial score (nSPS) is 27.2. The van der Waals surface area contributed by atoms with Crippen molar-refractivity contribution in [2.75, 3.05) is 19.6 Å². The van der Waals surface area contributed by atoms with Crippen LogP contribution in [-0.2, 0) is 4.79 Å². The maximum Gasteiger partial charge on any atom is 0.304 e. The zero-order valence-electron chi connectivity index (χ0n) is 10.6. The molecule has 0 aromatic heterocycles. The third-order valence-corrected chi connectivity index (χ3v) is 3.19. The topological polar surface area (TPSA) is 52.6 Å². The smallest absolute Gasteiger partial charge is 0.304 e. The van der Waals surface area contributed by atoms with Gasteiger partial charge in [-0.1, -0.05) is 13.8 Å². The number of piperazine rings is 1. The van der Waals surface area contributed by atoms with Crippen molar-refractivity contribution in [3.05, 3.63) is 0 Å². The molecule has 1 aliphatic heterocycles. The van der Waals surface area contributed by atoms with Crippen molar-refractivity contribution in [1.29, 1.82) is 0 Å². The van der Waals surface area contributed by atoms with Crippen molar-refractivity contribution in [2.24, 2.45) is 5.92 Å². The average molecular weight is 228 g/mol. The molecule has 0 bridgehead atoms. The summed E-state index contributed by atoms with van der Waals surface area (Å²) in [7, 11) is 0. The molecule has 0 radical (unpaired) electrons. The molecule has 16 heavy (non-hydrogen) atoms. The van der Waals surface area contributed by atoms with Crippen LogP contribution in [0.5, 0.6) is 0 Å². The van der Waals surface area contributed by atoms with Crippen molar-refractivity contribution in [1.82, 2.24) is 10.2 Å². The number of nitrogens with one attached hydrogen (secondary N) is 1. The van der Waals surface area contributed by atoms with Crippen LogP contribution in [-0.4, -0.2) is 47.7 Å². The number of carbonyl (C=O) groups is 1. The van der Waals surface area contributed by atoms with E-state index in [-0.39, 0.29) is 12.5 Å². The lowest BCUT2D eigenvalue weighted by molar-refractivity contribution is -0.138. The lowest BCUT2D eigenvalue weighted by Gasteiger charge is -2.38. The summed E-state index contributed by atoms with van der Waals surface area (Å²) in [6.07, 6.45) is 1.41. The molecule has 0 aromatic carbocycles. The molecule has 2 unspecified atom stereocenters. The van der Waals surface area contributed by atoms with Crippen molar-refractivity contribution in [3.63, 3.8) is 0 Å². The van der Waals surface area contributed by atoms with Crippen LogP contribution in [0.3, 0.4) is 0 Å². The number of nitrogens with zero attached hydrogens (tertiary/aromatic N) is 1. The summed E-state index contributed by atoms with van der Waals surface area (Å²) in [4.78, 5) is 13.1. The largest absolute Gasteiger partial charge is 0.481 e. The molecular weight excluding hydrogens is 204 g/mol. The van der Waals surface area contributed by atoms with E-state index in [1.807, 2.05) is 0 Å². The van der Waals surface area contributed by atoms with Crippen molar-refractivity contribution in [2.45, 2.75) is 45.7 Å². The van der Waals surface area contributed by atoms with Crippen LogP contribution in [0.4, 0.5) is 0 Å². The Morgan fingerprint density at radius 3 is 2.81 bits per heavy atom. The zero-order chi connectivity index (χ0) is 12.1. The van der Waals surface area contributed by atoms with Crippen LogP contribution < -0.4 is 5.32 Å². The molecule has 0 aliphatic carbocycles. The molecule has 0 spiro atoms. The third kappa shape index (κ3) is 4.49. The highest BCUT2D eigenvalue weighted by Gasteiger charge is 2.25. The standard InChI is InChI=1S/C12H24N2O2/c1-9(2)4-5-14-8-11(6-12(15)16)13-7-10(14)3/h9-11,13H,4-8H2,1-3H3,(H,15,16). The fourth-order valence-corrected chi connectivity index (χ4v) is 2.08. The van der Waals surface area contributed by atoms with E-state index in [4.69, 9.17) is 5.11 Å². The first-order valence-corrected chi connectivity index (χ1v) is 6.18. The van der Waals surface area contributed by atoms with Gasteiger partial charge in [0.2, 0.25) is 0 Å². The second-order valence-electron chi connectivity index (χ2n) is 5.23. The zero-order valence-corrected chi connectivity index (χ0v) is 10.6. The molecule has 0 amide bonds. The fourth-order valence-electron chi connectivity index (χ4n) is 2.08. The van der Waals surface area contributed by atoms with E-state index in [0.717, 1.165) is 19.6 Å². The molecule has 0 aromatic rings. The Bertz CT molecular complexity index is 231. The van der Waals surface area contributed by atoms with Gasteiger partial charge >= 0.3 is 5.97 Å². The third-order valence-electron chi connectivity index (χ3n) is 3.19. The number of carboxylic acids is 1. The van der Waals surface area contributed by atoms with Crippen molar-refractivity contribution in [3.8, 4) is 0 Å². The first-order chi connectivity index (χ1) is 7.49. The molecule has 0 saturated carbocycles. The van der Waals surface area contributed by atoms with Crippen LogP contribution in [0, 0.1) is 5.92 Å². The van der Waals surface area contributed by atoms with Gasteiger partial charge in [0.15, 0.2) is 0 Å². The van der Waals surface area contributed by atoms with Crippen LogP contribution in [0.2, 0.25) is 0 Å². The molecule has 1 aliphatic rings. The fraction of sp³-hybridized carbons (Fsp3) is 0.917. The van der Waals surface area contributed by atoms with Gasteiger partial charge in [0.25, 0.3) is 0 Å². The van der Waals surface area contributed by atoms with Crippen LogP contribution in [0.25, 0.3) is 0 Å². The quantitative estimate of drug-likeness (QED) is 0.741. The minimum absolute atomic E-state index is 0.112. The molecule has 2 N–H and O–H groups in total. The van der Waals surface area contributed by atoms with Gasteiger partial charge in [-0.25, -0.2) is 0 Å². The maximum absolute atomic E-state index is 10.7. The summed E-state index contributed by atoms with van der Waals surface area (Å²) in [6.45, 7) is 9.49. The maximum atomic E-state index is 10.7. The van der Waals surface area contributed by atoms with E-state index in [0.29, 0.717) is 12.0 Å². The van der Waals surface area contributed by atoms with Crippen molar-refractivity contribution < 1.29 is 9.90 Å². The van der Waals surface area contributed by atoms with Crippen LogP contribution >= 0.6 is 0 Å². The predicted molar refractivity (Wildman–Crippen MR) is 64.5 cm³/mol. The molecule has 94 valence electrons. The molecule has 1 heterocycles. The molecular formula is C12H24N2O2. The van der Waals surface area contributed by atoms with E-state index in [1.165, 1.54) is 6.42 Å². The Morgan fingerprint density at radius 1 is 1.56 bits per heavy atom. The lowest BCUT2D eigenvalue weighted by Crippen LogP contribution is -2.56. The minimum atomic E-state index is -0.712. The average Bonchev–Trinajstić information content (AvgIpc) is 2.18. The van der Waals surface area contributed by atoms with Gasteiger partial charge in [0.05, 0.1) is 6.42 Å². The van der Waals surface area contributed by atoms with Crippen LogP contribution in [0.15, 0.2) is 0 Å². The summed E-state index contributed by atoms with van der Waals surface area (Å²) >= 11 is 0. The molecule has 1 saturated heterocycles. The molecule has 4 heteroatoms. The van der Waals surface area contributed by atoms with E-state index in [2.05, 4.69) is 31.0 Å². The van der Waals surface area contributed by atoms with Gasteiger partial charge in [0, 0.05) is 25.2 Å². The molecule has 4 nitrogen and oxygen atoms in total. The Kier molecular flexibility index (Phi) is 5.22. The van der Waals surface area contributed by atoms with Gasteiger partial charge in [-0.2, -0.15) is 0 Å². The summed E-state index contributed by atoms with van der Waals surface area (Å²) in [5, 5.41) is 12.1. The second-order valence-corrected chi connectivity index (χ2v) is 5.23. The number of hydrogen-bond donors (Lipinski definition) is 2. The monoisotopic (exact) mass is 228 g/mol. The summed E-state index contributed by atoms with van der Waals surface area (Å²) in [5.74, 6) is -0.00382. The summed E-state index contributed by atoms with van der Waals surface area (Å²) in [6, 6.07) is 0.629. The van der Waals surface area contributed by atoms with Gasteiger partial charge in [0.1, 0.15) is 0 Å². The number of hydrogen-bond acceptors (Lipinski definition) is 3. The highest BCUT2D eigenvalue weighted by atomic mass is 16.4. The highest BCUT2D eigenvalue weighted by molar-refractivity contribution is 5.67. The van der Waals surface area contributed by atoms with Gasteiger partial charge in [-0.05, 0) is 25.8 Å². The molecule has 1 fully saturated rings. The number of carboxylic acid groups (broad SMARTS) is 1. The Morgan fingerprint density at radius 2 is 2.25 bits per heavy atom. The number of aliphatic carboxylic acids is 1. The Hall–Kier alpha value is -0.610. The highest BCUT2D eigenvalue weighted by Crippen LogP contribution is 2.11. The molecule has 1 rings (SSSR count). The first-order valence-electron chi connectivity index (χ1n) is 6.18. The van der Waals surface area contributed by atoms with E-state index in [9.17, 15) is 4.79 Å². The lowest BCUT2D eigenvalue weighted by atomic mass is 10.0. The molecule has 2 atom stereocenters. The van der Waals surface area contributed by atoms with Gasteiger partial charge in [-0.3, -0.25) is 9.69 Å².